The van der Waals surface area contributed by atoms with Gasteiger partial charge in [-0.1, -0.05) is 30.3 Å². The van der Waals surface area contributed by atoms with Crippen LogP contribution in [0.15, 0.2) is 48.5 Å². The van der Waals surface area contributed by atoms with Crippen molar-refractivity contribution < 1.29 is 4.79 Å². The van der Waals surface area contributed by atoms with Crippen molar-refractivity contribution >= 4 is 23.9 Å². The summed E-state index contributed by atoms with van der Waals surface area (Å²) in [4.78, 5) is 11.3. The summed E-state index contributed by atoms with van der Waals surface area (Å²) in [6, 6.07) is 15.2. The molecule has 0 aliphatic rings. The maximum Gasteiger partial charge on any atom is 0.159 e. The molecule has 0 atom stereocenters. The lowest BCUT2D eigenvalue weighted by Gasteiger charge is -2.03. The molecule has 0 heterocycles. The van der Waals surface area contributed by atoms with E-state index in [1.807, 2.05) is 48.5 Å². The van der Waals surface area contributed by atoms with Gasteiger partial charge in [0.05, 0.1) is 0 Å². The first-order valence-corrected chi connectivity index (χ1v) is 5.14. The summed E-state index contributed by atoms with van der Waals surface area (Å²) in [6.45, 7) is 1.57. The number of ketones is 1. The van der Waals surface area contributed by atoms with Gasteiger partial charge in [0.1, 0.15) is 0 Å². The Hall–Kier alpha value is -1.80. The predicted molar refractivity (Wildman–Crippen MR) is 73.5 cm³/mol. The zero-order chi connectivity index (χ0) is 11.5. The Morgan fingerprint density at radius 2 is 1.65 bits per heavy atom. The molecule has 0 bridgehead atoms. The van der Waals surface area contributed by atoms with Crippen LogP contribution in [-0.4, -0.2) is 5.78 Å². The summed E-state index contributed by atoms with van der Waals surface area (Å²) < 4.78 is 0. The summed E-state index contributed by atoms with van der Waals surface area (Å²) in [5.74, 6) is 0.0808. The Labute approximate surface area is 107 Å². The average molecular weight is 248 g/mol. The number of hydrogen-bond donors (Lipinski definition) is 1. The molecule has 0 saturated heterocycles. The van der Waals surface area contributed by atoms with Crippen molar-refractivity contribution in [2.45, 2.75) is 6.92 Å². The zero-order valence-electron chi connectivity index (χ0n) is 9.51. The van der Waals surface area contributed by atoms with Gasteiger partial charge < -0.3 is 5.73 Å². The summed E-state index contributed by atoms with van der Waals surface area (Å²) in [6.07, 6.45) is 0. The summed E-state index contributed by atoms with van der Waals surface area (Å²) >= 11 is 0. The fraction of sp³-hybridized carbons (Fsp3) is 0.0714. The van der Waals surface area contributed by atoms with E-state index in [1.165, 1.54) is 0 Å². The molecule has 2 N–H and O–H groups in total. The number of carbonyl (C=O) groups excluding carboxylic acids is 1. The lowest BCUT2D eigenvalue weighted by molar-refractivity contribution is 0.101. The summed E-state index contributed by atoms with van der Waals surface area (Å²) in [5.41, 5.74) is 9.20. The van der Waals surface area contributed by atoms with Gasteiger partial charge in [0, 0.05) is 11.3 Å². The smallest absolute Gasteiger partial charge is 0.159 e. The van der Waals surface area contributed by atoms with E-state index in [-0.39, 0.29) is 18.2 Å². The van der Waals surface area contributed by atoms with E-state index in [4.69, 9.17) is 5.73 Å². The van der Waals surface area contributed by atoms with E-state index >= 15 is 0 Å². The highest BCUT2D eigenvalue weighted by Gasteiger charge is 2.02. The third kappa shape index (κ3) is 3.08. The van der Waals surface area contributed by atoms with Crippen molar-refractivity contribution in [2.24, 2.45) is 0 Å². The van der Waals surface area contributed by atoms with Gasteiger partial charge in [0.15, 0.2) is 5.78 Å². The highest BCUT2D eigenvalue weighted by molar-refractivity contribution is 5.95. The lowest BCUT2D eigenvalue weighted by Crippen LogP contribution is -1.91. The van der Waals surface area contributed by atoms with E-state index in [9.17, 15) is 4.79 Å². The van der Waals surface area contributed by atoms with Crippen molar-refractivity contribution in [2.75, 3.05) is 5.73 Å². The number of Topliss-reactive ketones (excluding diaryl/α,β-unsaturated/α-hetero) is 1. The molecular weight excluding hydrogens is 234 g/mol. The fourth-order valence-electron chi connectivity index (χ4n) is 1.59. The Balaban J connectivity index is 0.00000144. The fourth-order valence-corrected chi connectivity index (χ4v) is 1.59. The summed E-state index contributed by atoms with van der Waals surface area (Å²) in [7, 11) is 0. The highest BCUT2D eigenvalue weighted by Crippen LogP contribution is 2.21. The normalized spacial score (nSPS) is 9.47. The third-order valence-electron chi connectivity index (χ3n) is 2.51. The molecule has 17 heavy (non-hydrogen) atoms. The Morgan fingerprint density at radius 3 is 2.24 bits per heavy atom. The average Bonchev–Trinajstić information content (AvgIpc) is 2.30. The second-order valence-electron chi connectivity index (χ2n) is 3.76. The van der Waals surface area contributed by atoms with Crippen LogP contribution in [0.25, 0.3) is 11.1 Å². The van der Waals surface area contributed by atoms with Gasteiger partial charge >= 0.3 is 0 Å². The van der Waals surface area contributed by atoms with Crippen LogP contribution in [0.1, 0.15) is 17.3 Å². The number of anilines is 1. The first-order valence-electron chi connectivity index (χ1n) is 5.14. The van der Waals surface area contributed by atoms with Crippen LogP contribution >= 0.6 is 12.4 Å². The molecule has 0 aliphatic carbocycles. The molecule has 0 saturated carbocycles. The number of carbonyl (C=O) groups is 1. The van der Waals surface area contributed by atoms with E-state index in [2.05, 4.69) is 0 Å². The van der Waals surface area contributed by atoms with Crippen LogP contribution in [0.5, 0.6) is 0 Å². The van der Waals surface area contributed by atoms with Gasteiger partial charge in [-0.25, -0.2) is 0 Å². The van der Waals surface area contributed by atoms with Crippen LogP contribution in [-0.2, 0) is 0 Å². The molecule has 2 aromatic rings. The van der Waals surface area contributed by atoms with Crippen molar-refractivity contribution in [1.82, 2.24) is 0 Å². The van der Waals surface area contributed by atoms with E-state index in [0.29, 0.717) is 0 Å². The van der Waals surface area contributed by atoms with Gasteiger partial charge in [-0.05, 0) is 36.2 Å². The van der Waals surface area contributed by atoms with Crippen LogP contribution in [0, 0.1) is 0 Å². The summed E-state index contributed by atoms with van der Waals surface area (Å²) in [5, 5.41) is 0. The first-order chi connectivity index (χ1) is 7.66. The Morgan fingerprint density at radius 1 is 1.00 bits per heavy atom. The van der Waals surface area contributed by atoms with E-state index in [0.717, 1.165) is 22.4 Å². The maximum absolute atomic E-state index is 11.3. The van der Waals surface area contributed by atoms with Crippen molar-refractivity contribution in [1.29, 1.82) is 0 Å². The topological polar surface area (TPSA) is 43.1 Å². The number of rotatable bonds is 2. The Bertz CT molecular complexity index is 520. The molecule has 3 heteroatoms. The molecule has 0 radical (unpaired) electrons. The first kappa shape index (κ1) is 13.3. The lowest BCUT2D eigenvalue weighted by atomic mass is 10.0. The predicted octanol–water partition coefficient (Wildman–Crippen LogP) is 3.56. The number of benzene rings is 2. The van der Waals surface area contributed by atoms with Crippen molar-refractivity contribution in [3.05, 3.63) is 54.1 Å². The van der Waals surface area contributed by atoms with Crippen LogP contribution in [0.3, 0.4) is 0 Å². The molecule has 0 spiro atoms. The quantitative estimate of drug-likeness (QED) is 0.651. The second kappa shape index (κ2) is 5.51. The van der Waals surface area contributed by atoms with Crippen molar-refractivity contribution in [3.8, 4) is 11.1 Å². The number of nitrogen functional groups attached to an aromatic ring is 1. The molecule has 0 aliphatic heterocycles. The van der Waals surface area contributed by atoms with Crippen molar-refractivity contribution in [3.63, 3.8) is 0 Å². The van der Waals surface area contributed by atoms with Gasteiger partial charge in [-0.3, -0.25) is 4.79 Å². The molecule has 0 amide bonds. The Kier molecular flexibility index (Phi) is 4.30. The molecule has 2 aromatic carbocycles. The second-order valence-corrected chi connectivity index (χ2v) is 3.76. The largest absolute Gasteiger partial charge is 0.399 e. The van der Waals surface area contributed by atoms with Gasteiger partial charge in [-0.15, -0.1) is 12.4 Å². The van der Waals surface area contributed by atoms with Gasteiger partial charge in [-0.2, -0.15) is 0 Å². The molecule has 2 nitrogen and oxygen atoms in total. The molecule has 88 valence electrons. The van der Waals surface area contributed by atoms with Crippen LogP contribution < -0.4 is 5.73 Å². The molecule has 0 aromatic heterocycles. The molecular formula is C14H14ClNO. The van der Waals surface area contributed by atoms with Crippen LogP contribution in [0.2, 0.25) is 0 Å². The van der Waals surface area contributed by atoms with Gasteiger partial charge in [0.2, 0.25) is 0 Å². The molecule has 0 unspecified atom stereocenters. The number of halogens is 1. The van der Waals surface area contributed by atoms with Crippen LogP contribution in [0.4, 0.5) is 5.69 Å². The number of hydrogen-bond acceptors (Lipinski definition) is 2. The minimum absolute atomic E-state index is 0. The zero-order valence-corrected chi connectivity index (χ0v) is 10.3. The number of nitrogens with two attached hydrogens (primary N) is 1. The SMILES string of the molecule is CC(=O)c1cccc(-c2ccc(N)cc2)c1.Cl. The molecule has 0 fully saturated rings. The molecule has 2 rings (SSSR count). The minimum atomic E-state index is 0. The van der Waals surface area contributed by atoms with E-state index in [1.54, 1.807) is 6.92 Å². The van der Waals surface area contributed by atoms with E-state index < -0.39 is 0 Å². The third-order valence-corrected chi connectivity index (χ3v) is 2.51. The minimum Gasteiger partial charge on any atom is -0.399 e. The van der Waals surface area contributed by atoms with Gasteiger partial charge in [0.25, 0.3) is 0 Å². The highest BCUT2D eigenvalue weighted by atomic mass is 35.5. The monoisotopic (exact) mass is 247 g/mol. The standard InChI is InChI=1S/C14H13NO.ClH/c1-10(16)12-3-2-4-13(9-12)11-5-7-14(15)8-6-11;/h2-9H,15H2,1H3;1H. The maximum atomic E-state index is 11.3.